The summed E-state index contributed by atoms with van der Waals surface area (Å²) in [5, 5.41) is 1.96. The number of sulfonamides is 1. The lowest BCUT2D eigenvalue weighted by atomic mass is 10.0. The van der Waals surface area contributed by atoms with Crippen LogP contribution in [0.1, 0.15) is 22.0 Å². The van der Waals surface area contributed by atoms with Gasteiger partial charge in [0.2, 0.25) is 15.9 Å². The maximum absolute atomic E-state index is 14.2. The number of thiophene rings is 1. The summed E-state index contributed by atoms with van der Waals surface area (Å²) >= 11 is 1.60. The van der Waals surface area contributed by atoms with Crippen LogP contribution >= 0.6 is 11.3 Å². The van der Waals surface area contributed by atoms with Crippen LogP contribution in [-0.2, 0) is 26.0 Å². The van der Waals surface area contributed by atoms with Gasteiger partial charge in [0.25, 0.3) is 0 Å². The predicted octanol–water partition coefficient (Wildman–Crippen LogP) is 4.04. The summed E-state index contributed by atoms with van der Waals surface area (Å²) in [4.78, 5) is 16.5. The van der Waals surface area contributed by atoms with Gasteiger partial charge in [-0.05, 0) is 54.6 Å². The molecule has 2 aromatic carbocycles. The molecule has 0 unspecified atom stereocenters. The van der Waals surface area contributed by atoms with Crippen molar-refractivity contribution in [2.45, 2.75) is 24.3 Å². The van der Waals surface area contributed by atoms with Gasteiger partial charge in [-0.2, -0.15) is 4.31 Å². The van der Waals surface area contributed by atoms with Crippen molar-refractivity contribution in [3.63, 3.8) is 0 Å². The SMILES string of the molecule is COCCN(CC(=O)N1CCc2sccc2[C@@H]1COc1ccccc1F)S(=O)(=O)c1ccc(C)cc1. The first-order valence-electron chi connectivity index (χ1n) is 11.6. The van der Waals surface area contributed by atoms with Crippen molar-refractivity contribution in [1.29, 1.82) is 0 Å². The average Bonchev–Trinajstić information content (AvgIpc) is 3.35. The molecule has 0 radical (unpaired) electrons. The van der Waals surface area contributed by atoms with E-state index in [9.17, 15) is 17.6 Å². The summed E-state index contributed by atoms with van der Waals surface area (Å²) in [5.74, 6) is -0.719. The Hall–Kier alpha value is -2.79. The molecular weight excluding hydrogens is 503 g/mol. The van der Waals surface area contributed by atoms with Gasteiger partial charge in [-0.15, -0.1) is 11.3 Å². The van der Waals surface area contributed by atoms with Crippen molar-refractivity contribution in [3.8, 4) is 5.75 Å². The third kappa shape index (κ3) is 5.78. The number of halogens is 1. The third-order valence-electron chi connectivity index (χ3n) is 6.16. The van der Waals surface area contributed by atoms with Gasteiger partial charge in [-0.3, -0.25) is 4.79 Å². The molecule has 1 aliphatic heterocycles. The fourth-order valence-corrected chi connectivity index (χ4v) is 6.49. The number of benzene rings is 2. The Labute approximate surface area is 215 Å². The minimum Gasteiger partial charge on any atom is -0.488 e. The highest BCUT2D eigenvalue weighted by Gasteiger charge is 2.35. The van der Waals surface area contributed by atoms with E-state index in [1.54, 1.807) is 58.7 Å². The first-order chi connectivity index (χ1) is 17.3. The molecule has 192 valence electrons. The Kier molecular flexibility index (Phi) is 8.40. The van der Waals surface area contributed by atoms with Crippen LogP contribution in [0, 0.1) is 12.7 Å². The van der Waals surface area contributed by atoms with Gasteiger partial charge in [0.15, 0.2) is 11.6 Å². The summed E-state index contributed by atoms with van der Waals surface area (Å²) in [7, 11) is -2.44. The van der Waals surface area contributed by atoms with E-state index in [1.807, 2.05) is 18.4 Å². The van der Waals surface area contributed by atoms with E-state index in [2.05, 4.69) is 0 Å². The van der Waals surface area contributed by atoms with Crippen molar-refractivity contribution < 1.29 is 27.1 Å². The molecule has 7 nitrogen and oxygen atoms in total. The number of ether oxygens (including phenoxy) is 2. The topological polar surface area (TPSA) is 76.2 Å². The zero-order valence-corrected chi connectivity index (χ0v) is 21.9. The summed E-state index contributed by atoms with van der Waals surface area (Å²) in [6.45, 7) is 2.19. The maximum atomic E-state index is 14.2. The molecule has 0 bridgehead atoms. The predicted molar refractivity (Wildman–Crippen MR) is 136 cm³/mol. The number of hydrogen-bond donors (Lipinski definition) is 0. The van der Waals surface area contributed by atoms with Crippen molar-refractivity contribution >= 4 is 27.3 Å². The molecule has 3 aromatic rings. The Morgan fingerprint density at radius 1 is 1.17 bits per heavy atom. The number of carbonyl (C=O) groups excluding carboxylic acids is 1. The minimum absolute atomic E-state index is 0.0341. The molecule has 0 fully saturated rings. The molecule has 0 saturated carbocycles. The van der Waals surface area contributed by atoms with E-state index in [1.165, 1.54) is 13.2 Å². The molecule has 36 heavy (non-hydrogen) atoms. The van der Waals surface area contributed by atoms with Crippen LogP contribution in [0.4, 0.5) is 4.39 Å². The standard InChI is InChI=1S/C26H29FN2O5S2/c1-19-7-9-20(10-8-19)36(31,32)28(14-15-33-2)17-26(30)29-13-11-25-21(12-16-35-25)23(29)18-34-24-6-4-3-5-22(24)27/h3-10,12,16,23H,11,13-15,17-18H2,1-2H3/t23-/m0/s1. The Morgan fingerprint density at radius 3 is 2.64 bits per heavy atom. The zero-order chi connectivity index (χ0) is 25.7. The van der Waals surface area contributed by atoms with Crippen LogP contribution in [-0.4, -0.2) is 63.5 Å². The summed E-state index contributed by atoms with van der Waals surface area (Å²) in [5.41, 5.74) is 1.88. The fourth-order valence-electron chi connectivity index (χ4n) is 4.18. The molecule has 0 aliphatic carbocycles. The number of hydrogen-bond acceptors (Lipinski definition) is 6. The van der Waals surface area contributed by atoms with E-state index in [4.69, 9.17) is 9.47 Å². The first kappa shape index (κ1) is 26.3. The van der Waals surface area contributed by atoms with Crippen LogP contribution in [0.5, 0.6) is 5.75 Å². The Morgan fingerprint density at radius 2 is 1.92 bits per heavy atom. The van der Waals surface area contributed by atoms with Crippen LogP contribution in [0.15, 0.2) is 64.9 Å². The highest BCUT2D eigenvalue weighted by Crippen LogP contribution is 2.34. The molecule has 1 atom stereocenters. The Bertz CT molecular complexity index is 1290. The fraction of sp³-hybridized carbons (Fsp3) is 0.346. The minimum atomic E-state index is -3.92. The quantitative estimate of drug-likeness (QED) is 0.394. The lowest BCUT2D eigenvalue weighted by Crippen LogP contribution is -2.48. The van der Waals surface area contributed by atoms with Crippen molar-refractivity contribution in [2.24, 2.45) is 0 Å². The number of nitrogens with zero attached hydrogens (tertiary/aromatic N) is 2. The molecule has 10 heteroatoms. The van der Waals surface area contributed by atoms with Crippen LogP contribution in [0.25, 0.3) is 0 Å². The highest BCUT2D eigenvalue weighted by atomic mass is 32.2. The number of aryl methyl sites for hydroxylation is 1. The summed E-state index contributed by atoms with van der Waals surface area (Å²) in [6.07, 6.45) is 0.664. The average molecular weight is 533 g/mol. The molecule has 1 aliphatic rings. The number of rotatable bonds is 10. The smallest absolute Gasteiger partial charge is 0.243 e. The van der Waals surface area contributed by atoms with Crippen molar-refractivity contribution in [3.05, 3.63) is 81.8 Å². The van der Waals surface area contributed by atoms with E-state index in [0.717, 1.165) is 20.3 Å². The van der Waals surface area contributed by atoms with Crippen LogP contribution in [0.3, 0.4) is 0 Å². The molecule has 0 spiro atoms. The van der Waals surface area contributed by atoms with E-state index in [0.29, 0.717) is 13.0 Å². The molecule has 1 aromatic heterocycles. The van der Waals surface area contributed by atoms with Gasteiger partial charge in [0.05, 0.1) is 24.1 Å². The second-order valence-electron chi connectivity index (χ2n) is 8.54. The van der Waals surface area contributed by atoms with Crippen molar-refractivity contribution in [1.82, 2.24) is 9.21 Å². The van der Waals surface area contributed by atoms with Gasteiger partial charge in [0, 0.05) is 25.1 Å². The number of methoxy groups -OCH3 is 1. The second-order valence-corrected chi connectivity index (χ2v) is 11.5. The lowest BCUT2D eigenvalue weighted by Gasteiger charge is -2.37. The normalized spacial score (nSPS) is 15.7. The summed E-state index contributed by atoms with van der Waals surface area (Å²) in [6, 6.07) is 14.1. The van der Waals surface area contributed by atoms with Crippen molar-refractivity contribution in [2.75, 3.05) is 40.0 Å². The summed E-state index contributed by atoms with van der Waals surface area (Å²) < 4.78 is 53.0. The first-order valence-corrected chi connectivity index (χ1v) is 13.9. The molecular formula is C26H29FN2O5S2. The molecule has 0 saturated heterocycles. The number of carbonyl (C=O) groups is 1. The van der Waals surface area contributed by atoms with Gasteiger partial charge in [-0.1, -0.05) is 29.8 Å². The molecule has 0 N–H and O–H groups in total. The zero-order valence-electron chi connectivity index (χ0n) is 20.2. The van der Waals surface area contributed by atoms with E-state index >= 15 is 0 Å². The Balaban J connectivity index is 1.57. The van der Waals surface area contributed by atoms with Gasteiger partial charge < -0.3 is 14.4 Å². The number of amides is 1. The van der Waals surface area contributed by atoms with Gasteiger partial charge in [-0.25, -0.2) is 12.8 Å². The largest absolute Gasteiger partial charge is 0.488 e. The van der Waals surface area contributed by atoms with E-state index in [-0.39, 0.29) is 42.9 Å². The maximum Gasteiger partial charge on any atom is 0.243 e. The number of para-hydroxylation sites is 1. The highest BCUT2D eigenvalue weighted by molar-refractivity contribution is 7.89. The third-order valence-corrected chi connectivity index (χ3v) is 9.02. The van der Waals surface area contributed by atoms with Crippen LogP contribution < -0.4 is 4.74 Å². The monoisotopic (exact) mass is 532 g/mol. The van der Waals surface area contributed by atoms with Crippen LogP contribution in [0.2, 0.25) is 0 Å². The van der Waals surface area contributed by atoms with E-state index < -0.39 is 21.9 Å². The van der Waals surface area contributed by atoms with Gasteiger partial charge >= 0.3 is 0 Å². The molecule has 4 rings (SSSR count). The molecule has 1 amide bonds. The van der Waals surface area contributed by atoms with Gasteiger partial charge in [0.1, 0.15) is 6.61 Å². The molecule has 2 heterocycles. The number of fused-ring (bicyclic) bond motifs is 1. The lowest BCUT2D eigenvalue weighted by molar-refractivity contribution is -0.135. The second kappa shape index (κ2) is 11.5.